The monoisotopic (exact) mass is 481 g/mol. The Hall–Kier alpha value is -3.95. The molecule has 0 bridgehead atoms. The van der Waals surface area contributed by atoms with Crippen LogP contribution in [0.3, 0.4) is 0 Å². The third-order valence-corrected chi connectivity index (χ3v) is 5.47. The summed E-state index contributed by atoms with van der Waals surface area (Å²) < 4.78 is 5.71. The molecular formula is C25H31N5O5. The molecule has 0 aliphatic carbocycles. The topological polar surface area (TPSA) is 120 Å². The summed E-state index contributed by atoms with van der Waals surface area (Å²) >= 11 is 0. The van der Waals surface area contributed by atoms with Crippen LogP contribution < -0.4 is 15.4 Å². The van der Waals surface area contributed by atoms with E-state index in [0.717, 1.165) is 21.8 Å². The molecule has 10 nitrogen and oxygen atoms in total. The molecule has 2 N–H and O–H groups in total. The minimum absolute atomic E-state index is 0.204. The number of anilines is 1. The van der Waals surface area contributed by atoms with E-state index < -0.39 is 30.3 Å². The molecule has 0 radical (unpaired) electrons. The van der Waals surface area contributed by atoms with Crippen LogP contribution in [0.4, 0.5) is 15.3 Å². The van der Waals surface area contributed by atoms with Gasteiger partial charge in [-0.1, -0.05) is 43.7 Å². The lowest BCUT2D eigenvalue weighted by Gasteiger charge is -2.43. The number of carbonyl (C=O) groups is 3. The van der Waals surface area contributed by atoms with Crippen molar-refractivity contribution in [3.8, 4) is 5.75 Å². The normalized spacial score (nSPS) is 16.7. The van der Waals surface area contributed by atoms with E-state index in [1.165, 1.54) is 11.8 Å². The first-order valence-corrected chi connectivity index (χ1v) is 11.5. The summed E-state index contributed by atoms with van der Waals surface area (Å²) in [5.74, 6) is 0.190. The molecule has 1 aliphatic heterocycles. The van der Waals surface area contributed by atoms with Crippen molar-refractivity contribution in [1.29, 1.82) is 0 Å². The highest BCUT2D eigenvalue weighted by Gasteiger charge is 2.41. The standard InChI is InChI=1S/C25H31N5O5/c1-16(2)15-35-21-11-9-20(10-12-21)26-23-27-24(32)30(18(4)13-22(31)28-34)25(33)29(23)14-19-7-5-17(3)6-8-19/h5-12,16,18,23,26H,13-15H2,1-4H3,(H,27,32)/t18-,23?/m0/s1. The molecule has 186 valence electrons. The van der Waals surface area contributed by atoms with Crippen molar-refractivity contribution in [1.82, 2.24) is 15.1 Å². The van der Waals surface area contributed by atoms with E-state index in [-0.39, 0.29) is 13.0 Å². The summed E-state index contributed by atoms with van der Waals surface area (Å²) in [5.41, 5.74) is 2.62. The fourth-order valence-electron chi connectivity index (χ4n) is 3.60. The van der Waals surface area contributed by atoms with Crippen LogP contribution in [0.2, 0.25) is 0 Å². The zero-order chi connectivity index (χ0) is 25.5. The number of carbonyl (C=O) groups excluding carboxylic acids is 3. The minimum Gasteiger partial charge on any atom is -0.493 e. The fourth-order valence-corrected chi connectivity index (χ4v) is 3.60. The van der Waals surface area contributed by atoms with Crippen LogP contribution in [0.5, 0.6) is 5.75 Å². The molecule has 35 heavy (non-hydrogen) atoms. The Morgan fingerprint density at radius 1 is 1.09 bits per heavy atom. The van der Waals surface area contributed by atoms with Crippen molar-refractivity contribution < 1.29 is 19.1 Å². The van der Waals surface area contributed by atoms with Gasteiger partial charge in [-0.15, -0.1) is 4.91 Å². The number of hydrogen-bond donors (Lipinski definition) is 2. The number of hydrogen-bond acceptors (Lipinski definition) is 6. The quantitative estimate of drug-likeness (QED) is 0.484. The van der Waals surface area contributed by atoms with Crippen molar-refractivity contribution in [2.24, 2.45) is 11.1 Å². The Bertz CT molecular complexity index is 1050. The number of ether oxygens (including phenoxy) is 1. The van der Waals surface area contributed by atoms with Crippen LogP contribution in [-0.2, 0) is 11.3 Å². The van der Waals surface area contributed by atoms with Crippen molar-refractivity contribution in [3.63, 3.8) is 0 Å². The predicted molar refractivity (Wildman–Crippen MR) is 132 cm³/mol. The van der Waals surface area contributed by atoms with Crippen molar-refractivity contribution in [2.45, 2.75) is 53.0 Å². The second-order valence-electron chi connectivity index (χ2n) is 9.03. The largest absolute Gasteiger partial charge is 0.493 e. The Kier molecular flexibility index (Phi) is 8.40. The molecule has 1 aliphatic rings. The van der Waals surface area contributed by atoms with Crippen molar-refractivity contribution in [3.05, 3.63) is 64.6 Å². The summed E-state index contributed by atoms with van der Waals surface area (Å²) in [4.78, 5) is 50.7. The predicted octanol–water partition coefficient (Wildman–Crippen LogP) is 4.44. The van der Waals surface area contributed by atoms with Gasteiger partial charge < -0.3 is 10.1 Å². The number of aryl methyl sites for hydroxylation is 1. The number of rotatable bonds is 10. The molecule has 2 aromatic carbocycles. The first kappa shape index (κ1) is 25.7. The van der Waals surface area contributed by atoms with Crippen LogP contribution in [0.25, 0.3) is 0 Å². The first-order chi connectivity index (χ1) is 16.7. The maximum absolute atomic E-state index is 13.4. The van der Waals surface area contributed by atoms with E-state index in [2.05, 4.69) is 29.7 Å². The van der Waals surface area contributed by atoms with Crippen molar-refractivity contribution in [2.75, 3.05) is 11.9 Å². The number of nitroso groups, excluding NO2 is 1. The minimum atomic E-state index is -0.928. The molecule has 1 fully saturated rings. The number of imide groups is 1. The third-order valence-electron chi connectivity index (χ3n) is 5.47. The number of benzene rings is 2. The summed E-state index contributed by atoms with van der Waals surface area (Å²) in [6.45, 7) is 8.43. The molecule has 3 rings (SSSR count). The molecular weight excluding hydrogens is 450 g/mol. The molecule has 5 amide bonds. The number of nitrogens with one attached hydrogen (secondary N) is 2. The summed E-state index contributed by atoms with van der Waals surface area (Å²) in [6.07, 6.45) is -1.20. The molecule has 0 spiro atoms. The highest BCUT2D eigenvalue weighted by atomic mass is 16.5. The Balaban J connectivity index is 1.82. The van der Waals surface area contributed by atoms with E-state index >= 15 is 0 Å². The molecule has 1 unspecified atom stereocenters. The summed E-state index contributed by atoms with van der Waals surface area (Å²) in [7, 11) is 0. The van der Waals surface area contributed by atoms with Gasteiger partial charge in [-0.25, -0.2) is 14.5 Å². The van der Waals surface area contributed by atoms with E-state index in [4.69, 9.17) is 4.74 Å². The highest BCUT2D eigenvalue weighted by molar-refractivity contribution is 5.97. The van der Waals surface area contributed by atoms with E-state index in [0.29, 0.717) is 18.2 Å². The molecule has 0 aromatic heterocycles. The van der Waals surface area contributed by atoms with Gasteiger partial charge in [-0.2, -0.15) is 0 Å². The number of urea groups is 2. The smallest absolute Gasteiger partial charge is 0.331 e. The first-order valence-electron chi connectivity index (χ1n) is 11.5. The molecule has 2 aromatic rings. The lowest BCUT2D eigenvalue weighted by Crippen LogP contribution is -2.68. The van der Waals surface area contributed by atoms with E-state index in [9.17, 15) is 19.3 Å². The Morgan fingerprint density at radius 3 is 2.34 bits per heavy atom. The van der Waals surface area contributed by atoms with Gasteiger partial charge in [0.05, 0.1) is 19.6 Å². The Morgan fingerprint density at radius 2 is 1.74 bits per heavy atom. The van der Waals surface area contributed by atoms with Gasteiger partial charge in [0.15, 0.2) is 6.29 Å². The molecule has 10 heteroatoms. The number of amides is 5. The molecule has 1 saturated heterocycles. The molecule has 2 atom stereocenters. The molecule has 0 saturated carbocycles. The molecule has 1 heterocycles. The highest BCUT2D eigenvalue weighted by Crippen LogP contribution is 2.22. The van der Waals surface area contributed by atoms with Gasteiger partial charge >= 0.3 is 12.1 Å². The van der Waals surface area contributed by atoms with E-state index in [1.807, 2.05) is 43.3 Å². The maximum atomic E-state index is 13.4. The van der Waals surface area contributed by atoms with Crippen LogP contribution in [0.15, 0.2) is 53.7 Å². The summed E-state index contributed by atoms with van der Waals surface area (Å²) in [6, 6.07) is 12.8. The second-order valence-corrected chi connectivity index (χ2v) is 9.03. The Labute approximate surface area is 204 Å². The van der Waals surface area contributed by atoms with Crippen LogP contribution >= 0.6 is 0 Å². The average Bonchev–Trinajstić information content (AvgIpc) is 2.82. The maximum Gasteiger partial charge on any atom is 0.331 e. The van der Waals surface area contributed by atoms with Crippen molar-refractivity contribution >= 4 is 23.7 Å². The third kappa shape index (κ3) is 6.78. The van der Waals surface area contributed by atoms with Gasteiger partial charge in [0, 0.05) is 16.9 Å². The van der Waals surface area contributed by atoms with E-state index in [1.54, 1.807) is 12.1 Å². The average molecular weight is 482 g/mol. The zero-order valence-electron chi connectivity index (χ0n) is 20.4. The van der Waals surface area contributed by atoms with Gasteiger partial charge in [0.25, 0.3) is 5.91 Å². The number of nitrogens with zero attached hydrogens (tertiary/aromatic N) is 3. The lowest BCUT2D eigenvalue weighted by atomic mass is 10.1. The summed E-state index contributed by atoms with van der Waals surface area (Å²) in [5, 5.41) is 8.34. The van der Waals surface area contributed by atoms with Crippen LogP contribution in [-0.4, -0.2) is 46.7 Å². The lowest BCUT2D eigenvalue weighted by molar-refractivity contribution is -0.118. The van der Waals surface area contributed by atoms with Crippen LogP contribution in [0, 0.1) is 17.7 Å². The van der Waals surface area contributed by atoms with Gasteiger partial charge in [-0.05, 0) is 49.6 Å². The SMILES string of the molecule is Cc1ccc(CN2C(=O)N([C@@H](C)CC(=O)N=O)C(=O)NC2Nc2ccc(OCC(C)C)cc2)cc1. The second kappa shape index (κ2) is 11.5. The van der Waals surface area contributed by atoms with Gasteiger partial charge in [-0.3, -0.25) is 15.0 Å². The van der Waals surface area contributed by atoms with Crippen LogP contribution in [0.1, 0.15) is 38.3 Å². The van der Waals surface area contributed by atoms with Gasteiger partial charge in [0.1, 0.15) is 5.75 Å². The fraction of sp³-hybridized carbons (Fsp3) is 0.400. The van der Waals surface area contributed by atoms with Gasteiger partial charge in [0.2, 0.25) is 0 Å². The zero-order valence-corrected chi connectivity index (χ0v) is 20.4.